The van der Waals surface area contributed by atoms with Crippen molar-refractivity contribution < 1.29 is 4.74 Å². The van der Waals surface area contributed by atoms with Gasteiger partial charge in [-0.2, -0.15) is 0 Å². The Morgan fingerprint density at radius 1 is 1.21 bits per heavy atom. The molecular formula is C12H23NO. The molecule has 0 spiro atoms. The normalized spacial score (nSPS) is 42.9. The summed E-state index contributed by atoms with van der Waals surface area (Å²) < 4.78 is 5.59. The molecule has 2 nitrogen and oxygen atoms in total. The van der Waals surface area contributed by atoms with E-state index in [-0.39, 0.29) is 0 Å². The lowest BCUT2D eigenvalue weighted by Gasteiger charge is -2.26. The van der Waals surface area contributed by atoms with Crippen LogP contribution in [0.4, 0.5) is 0 Å². The fourth-order valence-corrected chi connectivity index (χ4v) is 2.97. The van der Waals surface area contributed by atoms with Gasteiger partial charge in [-0.15, -0.1) is 0 Å². The van der Waals surface area contributed by atoms with E-state index in [0.717, 1.165) is 25.0 Å². The molecule has 2 heteroatoms. The van der Waals surface area contributed by atoms with Gasteiger partial charge in [0, 0.05) is 23.9 Å². The molecule has 0 aromatic rings. The van der Waals surface area contributed by atoms with Gasteiger partial charge in [-0.1, -0.05) is 20.8 Å². The van der Waals surface area contributed by atoms with Crippen molar-refractivity contribution in [3.05, 3.63) is 0 Å². The van der Waals surface area contributed by atoms with Crippen LogP contribution in [0.25, 0.3) is 0 Å². The van der Waals surface area contributed by atoms with Crippen molar-refractivity contribution in [3.8, 4) is 0 Å². The Labute approximate surface area is 87.4 Å². The lowest BCUT2D eigenvalue weighted by molar-refractivity contribution is 0.157. The molecule has 2 saturated heterocycles. The first-order chi connectivity index (χ1) is 6.47. The lowest BCUT2D eigenvalue weighted by Crippen LogP contribution is -2.35. The highest BCUT2D eigenvalue weighted by atomic mass is 16.5. The van der Waals surface area contributed by atoms with Crippen molar-refractivity contribution in [1.29, 1.82) is 0 Å². The lowest BCUT2D eigenvalue weighted by atomic mass is 9.81. The second-order valence-electron chi connectivity index (χ2n) is 6.19. The molecule has 2 fully saturated rings. The zero-order chi connectivity index (χ0) is 10.3. The van der Waals surface area contributed by atoms with E-state index in [0.29, 0.717) is 17.5 Å². The van der Waals surface area contributed by atoms with Crippen LogP contribution in [-0.2, 0) is 4.74 Å². The van der Waals surface area contributed by atoms with Gasteiger partial charge in [0.25, 0.3) is 0 Å². The summed E-state index contributed by atoms with van der Waals surface area (Å²) in [4.78, 5) is 0. The Balaban J connectivity index is 2.00. The molecule has 1 N–H and O–H groups in total. The monoisotopic (exact) mass is 197 g/mol. The Bertz CT molecular complexity index is 209. The Morgan fingerprint density at radius 2 is 1.86 bits per heavy atom. The maximum atomic E-state index is 5.59. The van der Waals surface area contributed by atoms with Crippen molar-refractivity contribution in [2.45, 2.75) is 46.2 Å². The van der Waals surface area contributed by atoms with Crippen molar-refractivity contribution >= 4 is 0 Å². The van der Waals surface area contributed by atoms with Crippen LogP contribution >= 0.6 is 0 Å². The van der Waals surface area contributed by atoms with Crippen LogP contribution < -0.4 is 5.32 Å². The molecule has 4 unspecified atom stereocenters. The summed E-state index contributed by atoms with van der Waals surface area (Å²) in [6.07, 6.45) is 1.27. The molecule has 2 heterocycles. The number of hydrogen-bond donors (Lipinski definition) is 1. The summed E-state index contributed by atoms with van der Waals surface area (Å²) >= 11 is 0. The number of nitrogens with one attached hydrogen (secondary N) is 1. The van der Waals surface area contributed by atoms with E-state index < -0.39 is 0 Å². The second-order valence-corrected chi connectivity index (χ2v) is 6.19. The first-order valence-corrected chi connectivity index (χ1v) is 5.81. The molecular weight excluding hydrogens is 174 g/mol. The van der Waals surface area contributed by atoms with E-state index in [4.69, 9.17) is 4.74 Å². The minimum Gasteiger partial charge on any atom is -0.381 e. The number of ether oxygens (including phenoxy) is 1. The summed E-state index contributed by atoms with van der Waals surface area (Å²) in [6.45, 7) is 11.2. The Kier molecular flexibility index (Phi) is 2.61. The van der Waals surface area contributed by atoms with Gasteiger partial charge in [0.15, 0.2) is 0 Å². The van der Waals surface area contributed by atoms with Crippen LogP contribution in [0.1, 0.15) is 34.1 Å². The molecule has 0 radical (unpaired) electrons. The molecule has 0 aromatic heterocycles. The molecule has 0 aromatic carbocycles. The van der Waals surface area contributed by atoms with E-state index in [9.17, 15) is 0 Å². The first-order valence-electron chi connectivity index (χ1n) is 5.81. The molecule has 2 rings (SSSR count). The van der Waals surface area contributed by atoms with Crippen molar-refractivity contribution in [3.63, 3.8) is 0 Å². The van der Waals surface area contributed by atoms with Gasteiger partial charge in [-0.3, -0.25) is 0 Å². The average Bonchev–Trinajstić information content (AvgIpc) is 2.54. The maximum Gasteiger partial charge on any atom is 0.0513 e. The first kappa shape index (κ1) is 10.4. The topological polar surface area (TPSA) is 21.3 Å². The highest BCUT2D eigenvalue weighted by Gasteiger charge is 2.45. The largest absolute Gasteiger partial charge is 0.381 e. The standard InChI is InChI=1S/C12H23NO/c1-8-9-6-14-7-10(9)11(13-8)5-12(2,3)4/h8-11,13H,5-7H2,1-4H3. The molecule has 0 amide bonds. The third-order valence-corrected chi connectivity index (χ3v) is 3.64. The minimum absolute atomic E-state index is 0.425. The van der Waals surface area contributed by atoms with E-state index in [1.54, 1.807) is 0 Å². The number of rotatable bonds is 1. The maximum absolute atomic E-state index is 5.59. The quantitative estimate of drug-likeness (QED) is 0.694. The molecule has 0 bridgehead atoms. The van der Waals surface area contributed by atoms with Crippen LogP contribution in [-0.4, -0.2) is 25.3 Å². The van der Waals surface area contributed by atoms with Crippen molar-refractivity contribution in [1.82, 2.24) is 5.32 Å². The van der Waals surface area contributed by atoms with Crippen LogP contribution in [0.3, 0.4) is 0 Å². The molecule has 2 aliphatic rings. The highest BCUT2D eigenvalue weighted by molar-refractivity contribution is 4.99. The van der Waals surface area contributed by atoms with Crippen LogP contribution in [0.5, 0.6) is 0 Å². The van der Waals surface area contributed by atoms with Gasteiger partial charge in [-0.05, 0) is 18.8 Å². The zero-order valence-electron chi connectivity index (χ0n) is 9.84. The van der Waals surface area contributed by atoms with E-state index in [1.165, 1.54) is 6.42 Å². The highest BCUT2D eigenvalue weighted by Crippen LogP contribution is 2.37. The third-order valence-electron chi connectivity index (χ3n) is 3.64. The van der Waals surface area contributed by atoms with Gasteiger partial charge in [0.1, 0.15) is 0 Å². The van der Waals surface area contributed by atoms with Crippen LogP contribution in [0.15, 0.2) is 0 Å². The van der Waals surface area contributed by atoms with Gasteiger partial charge in [0.2, 0.25) is 0 Å². The molecule has 0 aliphatic carbocycles. The van der Waals surface area contributed by atoms with Crippen LogP contribution in [0, 0.1) is 17.3 Å². The number of fused-ring (bicyclic) bond motifs is 1. The van der Waals surface area contributed by atoms with E-state index in [1.807, 2.05) is 0 Å². The number of hydrogen-bond acceptors (Lipinski definition) is 2. The smallest absolute Gasteiger partial charge is 0.0513 e. The Hall–Kier alpha value is -0.0800. The molecule has 82 valence electrons. The molecule has 0 saturated carbocycles. The van der Waals surface area contributed by atoms with Gasteiger partial charge >= 0.3 is 0 Å². The average molecular weight is 197 g/mol. The Morgan fingerprint density at radius 3 is 2.50 bits per heavy atom. The van der Waals surface area contributed by atoms with Crippen molar-refractivity contribution in [2.24, 2.45) is 17.3 Å². The third kappa shape index (κ3) is 1.96. The fraction of sp³-hybridized carbons (Fsp3) is 1.00. The van der Waals surface area contributed by atoms with Gasteiger partial charge in [-0.25, -0.2) is 0 Å². The predicted octanol–water partition coefficient (Wildman–Crippen LogP) is 2.05. The minimum atomic E-state index is 0.425. The van der Waals surface area contributed by atoms with E-state index in [2.05, 4.69) is 33.0 Å². The summed E-state index contributed by atoms with van der Waals surface area (Å²) in [7, 11) is 0. The summed E-state index contributed by atoms with van der Waals surface area (Å²) in [5.74, 6) is 1.53. The fourth-order valence-electron chi connectivity index (χ4n) is 2.97. The van der Waals surface area contributed by atoms with Gasteiger partial charge < -0.3 is 10.1 Å². The zero-order valence-corrected chi connectivity index (χ0v) is 9.84. The van der Waals surface area contributed by atoms with Crippen molar-refractivity contribution in [2.75, 3.05) is 13.2 Å². The summed E-state index contributed by atoms with van der Waals surface area (Å²) in [6, 6.07) is 1.33. The second kappa shape index (κ2) is 3.49. The summed E-state index contributed by atoms with van der Waals surface area (Å²) in [5, 5.41) is 3.73. The SMILES string of the molecule is CC1NC(CC(C)(C)C)C2COCC12. The van der Waals surface area contributed by atoms with Gasteiger partial charge in [0.05, 0.1) is 13.2 Å². The van der Waals surface area contributed by atoms with E-state index >= 15 is 0 Å². The molecule has 4 atom stereocenters. The van der Waals surface area contributed by atoms with Crippen LogP contribution in [0.2, 0.25) is 0 Å². The molecule has 2 aliphatic heterocycles. The summed E-state index contributed by atoms with van der Waals surface area (Å²) in [5.41, 5.74) is 0.425. The predicted molar refractivity (Wildman–Crippen MR) is 58.3 cm³/mol. The molecule has 14 heavy (non-hydrogen) atoms.